The lowest BCUT2D eigenvalue weighted by Gasteiger charge is -2.24. The largest absolute Gasteiger partial charge is 0.290 e. The molecule has 0 radical (unpaired) electrons. The van der Waals surface area contributed by atoms with Crippen molar-refractivity contribution in [1.82, 2.24) is 24.4 Å². The number of hydrogen-bond acceptors (Lipinski definition) is 4. The Morgan fingerprint density at radius 3 is 2.85 bits per heavy atom. The molecule has 134 valence electrons. The monoisotopic (exact) mass is 351 g/mol. The molecule has 0 N–H and O–H groups in total. The summed E-state index contributed by atoms with van der Waals surface area (Å²) in [6.07, 6.45) is 10.4. The average Bonchev–Trinajstić information content (AvgIpc) is 3.33. The first-order valence-electron chi connectivity index (χ1n) is 9.07. The van der Waals surface area contributed by atoms with Crippen LogP contribution in [-0.4, -0.2) is 31.0 Å². The fourth-order valence-electron chi connectivity index (χ4n) is 3.63. The standard InChI is InChI=1S/C20H22FN5/c1-2-19-23-9-11-26(19)20-13-22-12-17(24-20)18-4-3-10-25(18)14-15-5-7-16(21)8-6-15/h5-9,11-13,18H,2-4,10,14H2,1H3/t18-/m0/s1. The van der Waals surface area contributed by atoms with Crippen LogP contribution in [0, 0.1) is 5.82 Å². The van der Waals surface area contributed by atoms with Gasteiger partial charge in [0.15, 0.2) is 5.82 Å². The van der Waals surface area contributed by atoms with Gasteiger partial charge in [-0.05, 0) is 37.1 Å². The Balaban J connectivity index is 1.58. The second kappa shape index (κ2) is 7.33. The van der Waals surface area contributed by atoms with Gasteiger partial charge in [0.2, 0.25) is 0 Å². The predicted molar refractivity (Wildman–Crippen MR) is 97.3 cm³/mol. The first-order chi connectivity index (χ1) is 12.7. The molecule has 1 aliphatic rings. The molecule has 1 aromatic carbocycles. The van der Waals surface area contributed by atoms with E-state index in [-0.39, 0.29) is 11.9 Å². The van der Waals surface area contributed by atoms with E-state index in [4.69, 9.17) is 4.98 Å². The fourth-order valence-corrected chi connectivity index (χ4v) is 3.63. The SMILES string of the molecule is CCc1nccn1-c1cncc([C@@H]2CCCN2Cc2ccc(F)cc2)n1. The molecule has 1 atom stereocenters. The van der Waals surface area contributed by atoms with E-state index in [1.54, 1.807) is 12.4 Å². The maximum absolute atomic E-state index is 13.1. The van der Waals surface area contributed by atoms with Crippen molar-refractivity contribution in [2.45, 2.75) is 38.8 Å². The molecule has 1 fully saturated rings. The summed E-state index contributed by atoms with van der Waals surface area (Å²) in [5, 5.41) is 0. The molecule has 0 spiro atoms. The van der Waals surface area contributed by atoms with Gasteiger partial charge in [-0.25, -0.2) is 14.4 Å². The predicted octanol–water partition coefficient (Wildman–Crippen LogP) is 3.70. The number of rotatable bonds is 5. The van der Waals surface area contributed by atoms with Crippen LogP contribution in [0.3, 0.4) is 0 Å². The molecule has 3 heterocycles. The topological polar surface area (TPSA) is 46.8 Å². The molecule has 0 amide bonds. The van der Waals surface area contributed by atoms with Crippen LogP contribution < -0.4 is 0 Å². The Morgan fingerprint density at radius 2 is 2.04 bits per heavy atom. The number of likely N-dealkylation sites (tertiary alicyclic amines) is 1. The number of aryl methyl sites for hydroxylation is 1. The first-order valence-corrected chi connectivity index (χ1v) is 9.07. The second-order valence-corrected chi connectivity index (χ2v) is 6.62. The van der Waals surface area contributed by atoms with Crippen molar-refractivity contribution in [1.29, 1.82) is 0 Å². The van der Waals surface area contributed by atoms with Crippen LogP contribution in [0.5, 0.6) is 0 Å². The van der Waals surface area contributed by atoms with Crippen molar-refractivity contribution < 1.29 is 4.39 Å². The van der Waals surface area contributed by atoms with Crippen LogP contribution in [0.2, 0.25) is 0 Å². The Bertz CT molecular complexity index is 874. The van der Waals surface area contributed by atoms with Crippen molar-refractivity contribution in [3.8, 4) is 5.82 Å². The third kappa shape index (κ3) is 3.37. The summed E-state index contributed by atoms with van der Waals surface area (Å²) in [7, 11) is 0. The zero-order valence-corrected chi connectivity index (χ0v) is 14.8. The van der Waals surface area contributed by atoms with Crippen LogP contribution in [0.15, 0.2) is 49.1 Å². The van der Waals surface area contributed by atoms with Crippen LogP contribution in [0.25, 0.3) is 5.82 Å². The molecule has 3 aromatic rings. The zero-order chi connectivity index (χ0) is 17.9. The minimum atomic E-state index is -0.197. The molecule has 1 saturated heterocycles. The molecule has 1 aliphatic heterocycles. The van der Waals surface area contributed by atoms with Gasteiger partial charge in [-0.2, -0.15) is 0 Å². The van der Waals surface area contributed by atoms with Gasteiger partial charge >= 0.3 is 0 Å². The van der Waals surface area contributed by atoms with E-state index in [2.05, 4.69) is 21.8 Å². The van der Waals surface area contributed by atoms with Gasteiger partial charge in [0.25, 0.3) is 0 Å². The van der Waals surface area contributed by atoms with E-state index < -0.39 is 0 Å². The van der Waals surface area contributed by atoms with E-state index in [1.807, 2.05) is 29.1 Å². The third-order valence-corrected chi connectivity index (χ3v) is 4.92. The highest BCUT2D eigenvalue weighted by Gasteiger charge is 2.27. The summed E-state index contributed by atoms with van der Waals surface area (Å²) >= 11 is 0. The third-order valence-electron chi connectivity index (χ3n) is 4.92. The highest BCUT2D eigenvalue weighted by atomic mass is 19.1. The molecule has 0 saturated carbocycles. The Morgan fingerprint density at radius 1 is 1.19 bits per heavy atom. The van der Waals surface area contributed by atoms with Gasteiger partial charge in [0, 0.05) is 25.4 Å². The Kier molecular flexibility index (Phi) is 4.75. The molecule has 0 bridgehead atoms. The maximum atomic E-state index is 13.1. The van der Waals surface area contributed by atoms with Crippen molar-refractivity contribution in [2.24, 2.45) is 0 Å². The molecule has 2 aromatic heterocycles. The highest BCUT2D eigenvalue weighted by molar-refractivity contribution is 5.24. The molecule has 6 heteroatoms. The van der Waals surface area contributed by atoms with Crippen molar-refractivity contribution >= 4 is 0 Å². The lowest BCUT2D eigenvalue weighted by Crippen LogP contribution is -2.24. The number of aromatic nitrogens is 4. The van der Waals surface area contributed by atoms with E-state index in [9.17, 15) is 4.39 Å². The Labute approximate surface area is 152 Å². The molecule has 0 unspecified atom stereocenters. The van der Waals surface area contributed by atoms with Crippen LogP contribution in [0.4, 0.5) is 4.39 Å². The van der Waals surface area contributed by atoms with Gasteiger partial charge in [-0.3, -0.25) is 14.5 Å². The van der Waals surface area contributed by atoms with E-state index in [0.29, 0.717) is 0 Å². The molecule has 4 rings (SSSR count). The van der Waals surface area contributed by atoms with Gasteiger partial charge in [0.05, 0.1) is 24.1 Å². The quantitative estimate of drug-likeness (QED) is 0.703. The summed E-state index contributed by atoms with van der Waals surface area (Å²) in [5.41, 5.74) is 2.10. The normalized spacial score (nSPS) is 17.7. The fraction of sp³-hybridized carbons (Fsp3) is 0.350. The van der Waals surface area contributed by atoms with Gasteiger partial charge in [0.1, 0.15) is 11.6 Å². The van der Waals surface area contributed by atoms with E-state index in [0.717, 1.165) is 55.3 Å². The molecule has 26 heavy (non-hydrogen) atoms. The van der Waals surface area contributed by atoms with E-state index in [1.165, 1.54) is 12.1 Å². The number of benzene rings is 1. The van der Waals surface area contributed by atoms with E-state index >= 15 is 0 Å². The minimum Gasteiger partial charge on any atom is -0.290 e. The summed E-state index contributed by atoms with van der Waals surface area (Å²) in [4.78, 5) is 16.1. The second-order valence-electron chi connectivity index (χ2n) is 6.62. The summed E-state index contributed by atoms with van der Waals surface area (Å²) in [6.45, 7) is 3.89. The lowest BCUT2D eigenvalue weighted by atomic mass is 10.1. The van der Waals surface area contributed by atoms with Crippen LogP contribution in [0.1, 0.15) is 42.9 Å². The number of nitrogens with zero attached hydrogens (tertiary/aromatic N) is 5. The molecule has 0 aliphatic carbocycles. The highest BCUT2D eigenvalue weighted by Crippen LogP contribution is 2.32. The maximum Gasteiger partial charge on any atom is 0.156 e. The average molecular weight is 351 g/mol. The molecular formula is C20H22FN5. The van der Waals surface area contributed by atoms with Gasteiger partial charge < -0.3 is 0 Å². The van der Waals surface area contributed by atoms with Crippen LogP contribution in [-0.2, 0) is 13.0 Å². The minimum absolute atomic E-state index is 0.197. The Hall–Kier alpha value is -2.60. The summed E-state index contributed by atoms with van der Waals surface area (Å²) < 4.78 is 15.1. The number of halogens is 1. The first kappa shape index (κ1) is 16.8. The van der Waals surface area contributed by atoms with Crippen LogP contribution >= 0.6 is 0 Å². The van der Waals surface area contributed by atoms with Crippen molar-refractivity contribution in [2.75, 3.05) is 6.54 Å². The van der Waals surface area contributed by atoms with Crippen molar-refractivity contribution in [3.63, 3.8) is 0 Å². The summed E-state index contributed by atoms with van der Waals surface area (Å²) in [5.74, 6) is 1.59. The lowest BCUT2D eigenvalue weighted by molar-refractivity contribution is 0.244. The molecule has 5 nitrogen and oxygen atoms in total. The smallest absolute Gasteiger partial charge is 0.156 e. The number of hydrogen-bond donors (Lipinski definition) is 0. The molecular weight excluding hydrogens is 329 g/mol. The number of imidazole rings is 1. The summed E-state index contributed by atoms with van der Waals surface area (Å²) in [6, 6.07) is 6.98. The zero-order valence-electron chi connectivity index (χ0n) is 14.8. The van der Waals surface area contributed by atoms with Gasteiger partial charge in [-0.1, -0.05) is 19.1 Å². The van der Waals surface area contributed by atoms with Crippen molar-refractivity contribution in [3.05, 3.63) is 72.0 Å². The van der Waals surface area contributed by atoms with Gasteiger partial charge in [-0.15, -0.1) is 0 Å².